The van der Waals surface area contributed by atoms with E-state index in [1.54, 1.807) is 12.3 Å². The van der Waals surface area contributed by atoms with Crippen LogP contribution in [0, 0.1) is 5.82 Å². The van der Waals surface area contributed by atoms with Crippen molar-refractivity contribution in [2.45, 2.75) is 13.3 Å². The Labute approximate surface area is 172 Å². The van der Waals surface area contributed by atoms with Crippen molar-refractivity contribution < 1.29 is 13.9 Å². The summed E-state index contributed by atoms with van der Waals surface area (Å²) in [5, 5.41) is 6.23. The van der Waals surface area contributed by atoms with Gasteiger partial charge in [-0.1, -0.05) is 18.5 Å². The third-order valence-corrected chi connectivity index (χ3v) is 4.23. The molecule has 0 saturated heterocycles. The minimum absolute atomic E-state index is 0.124. The number of nitrogens with zero attached hydrogens (tertiary/aromatic N) is 3. The van der Waals surface area contributed by atoms with Gasteiger partial charge in [0.1, 0.15) is 5.82 Å². The molecular formula is C20H19ClFN5O2. The van der Waals surface area contributed by atoms with Crippen LogP contribution in [0.4, 0.5) is 15.9 Å². The molecular weight excluding hydrogens is 397 g/mol. The number of benzene rings is 1. The molecule has 0 fully saturated rings. The quantitative estimate of drug-likeness (QED) is 0.600. The summed E-state index contributed by atoms with van der Waals surface area (Å²) in [6, 6.07) is 5.78. The Balaban J connectivity index is 1.99. The second-order valence-corrected chi connectivity index (χ2v) is 6.47. The van der Waals surface area contributed by atoms with Crippen LogP contribution < -0.4 is 15.4 Å². The molecule has 150 valence electrons. The fraction of sp³-hybridized carbons (Fsp3) is 0.200. The van der Waals surface area contributed by atoms with Crippen LogP contribution in [-0.2, 0) is 0 Å². The van der Waals surface area contributed by atoms with Gasteiger partial charge in [0.2, 0.25) is 0 Å². The minimum atomic E-state index is -0.505. The molecule has 0 atom stereocenters. The number of rotatable bonds is 7. The number of nitrogens with one attached hydrogen (secondary N) is 2. The molecule has 1 amide bonds. The van der Waals surface area contributed by atoms with Crippen LogP contribution in [0.25, 0.3) is 11.4 Å². The van der Waals surface area contributed by atoms with Crippen LogP contribution in [0.1, 0.15) is 23.7 Å². The highest BCUT2D eigenvalue weighted by Crippen LogP contribution is 2.30. The Morgan fingerprint density at radius 3 is 2.86 bits per heavy atom. The number of hydrogen-bond acceptors (Lipinski definition) is 6. The van der Waals surface area contributed by atoms with E-state index < -0.39 is 5.82 Å². The van der Waals surface area contributed by atoms with Gasteiger partial charge in [-0.3, -0.25) is 9.78 Å². The van der Waals surface area contributed by atoms with Gasteiger partial charge < -0.3 is 15.4 Å². The summed E-state index contributed by atoms with van der Waals surface area (Å²) in [4.78, 5) is 25.0. The van der Waals surface area contributed by atoms with Crippen molar-refractivity contribution in [1.29, 1.82) is 0 Å². The third-order valence-electron chi connectivity index (χ3n) is 4.00. The number of carbonyl (C=O) groups is 1. The van der Waals surface area contributed by atoms with Gasteiger partial charge in [-0.15, -0.1) is 0 Å². The lowest BCUT2D eigenvalue weighted by molar-refractivity contribution is 0.0954. The Morgan fingerprint density at radius 2 is 2.10 bits per heavy atom. The van der Waals surface area contributed by atoms with Crippen LogP contribution in [0.15, 0.2) is 42.9 Å². The summed E-state index contributed by atoms with van der Waals surface area (Å²) in [6.07, 6.45) is 5.23. The first-order valence-corrected chi connectivity index (χ1v) is 9.27. The first kappa shape index (κ1) is 20.5. The van der Waals surface area contributed by atoms with Gasteiger partial charge in [0.25, 0.3) is 5.91 Å². The van der Waals surface area contributed by atoms with Gasteiger partial charge in [-0.05, 0) is 30.7 Å². The van der Waals surface area contributed by atoms with Gasteiger partial charge in [0.15, 0.2) is 17.4 Å². The molecule has 0 spiro atoms. The number of amides is 1. The first-order valence-electron chi connectivity index (χ1n) is 8.89. The van der Waals surface area contributed by atoms with Crippen LogP contribution >= 0.6 is 11.6 Å². The molecule has 0 saturated carbocycles. The largest absolute Gasteiger partial charge is 0.491 e. The highest BCUT2D eigenvalue weighted by atomic mass is 35.5. The maximum atomic E-state index is 14.2. The zero-order valence-electron chi connectivity index (χ0n) is 15.9. The van der Waals surface area contributed by atoms with E-state index >= 15 is 0 Å². The van der Waals surface area contributed by atoms with Gasteiger partial charge in [-0.25, -0.2) is 14.4 Å². The standard InChI is InChI=1S/C20H19ClFN5O2/c1-3-7-24-20(28)14-10-23-8-6-16(14)26-19-17(29-2)11-25-18(27-19)13-9-12(21)4-5-15(13)22/h4-6,8-11H,3,7H2,1-2H3,(H,24,28)(H,23,25,26,27). The summed E-state index contributed by atoms with van der Waals surface area (Å²) in [6.45, 7) is 2.51. The number of anilines is 2. The second-order valence-electron chi connectivity index (χ2n) is 6.04. The zero-order valence-corrected chi connectivity index (χ0v) is 16.6. The average molecular weight is 416 g/mol. The smallest absolute Gasteiger partial charge is 0.254 e. The normalized spacial score (nSPS) is 10.5. The number of hydrogen-bond donors (Lipinski definition) is 2. The molecule has 0 aliphatic carbocycles. The molecule has 0 unspecified atom stereocenters. The van der Waals surface area contributed by atoms with E-state index in [9.17, 15) is 9.18 Å². The van der Waals surface area contributed by atoms with E-state index in [1.807, 2.05) is 6.92 Å². The minimum Gasteiger partial charge on any atom is -0.491 e. The average Bonchev–Trinajstić information content (AvgIpc) is 2.74. The van der Waals surface area contributed by atoms with Gasteiger partial charge in [-0.2, -0.15) is 0 Å². The van der Waals surface area contributed by atoms with Crippen molar-refractivity contribution >= 4 is 29.0 Å². The Hall–Kier alpha value is -3.26. The Kier molecular flexibility index (Phi) is 6.56. The number of halogens is 2. The number of methoxy groups -OCH3 is 1. The van der Waals surface area contributed by atoms with Crippen molar-refractivity contribution in [3.63, 3.8) is 0 Å². The maximum Gasteiger partial charge on any atom is 0.254 e. The molecule has 0 radical (unpaired) electrons. The molecule has 3 rings (SSSR count). The summed E-state index contributed by atoms with van der Waals surface area (Å²) in [5.41, 5.74) is 0.971. The summed E-state index contributed by atoms with van der Waals surface area (Å²) in [7, 11) is 1.46. The highest BCUT2D eigenvalue weighted by Gasteiger charge is 2.16. The number of carbonyl (C=O) groups excluding carboxylic acids is 1. The van der Waals surface area contributed by atoms with Crippen molar-refractivity contribution in [1.82, 2.24) is 20.3 Å². The van der Waals surface area contributed by atoms with Crippen LogP contribution in [0.2, 0.25) is 5.02 Å². The fourth-order valence-corrected chi connectivity index (χ4v) is 2.73. The highest BCUT2D eigenvalue weighted by molar-refractivity contribution is 6.30. The molecule has 0 bridgehead atoms. The molecule has 29 heavy (non-hydrogen) atoms. The van der Waals surface area contributed by atoms with Crippen molar-refractivity contribution in [3.8, 4) is 17.1 Å². The van der Waals surface area contributed by atoms with Crippen LogP contribution in [-0.4, -0.2) is 34.5 Å². The van der Waals surface area contributed by atoms with Crippen LogP contribution in [0.5, 0.6) is 5.75 Å². The molecule has 2 heterocycles. The molecule has 2 aromatic heterocycles. The van der Waals surface area contributed by atoms with E-state index in [4.69, 9.17) is 16.3 Å². The molecule has 7 nitrogen and oxygen atoms in total. The molecule has 3 aromatic rings. The Bertz CT molecular complexity index is 1030. The second kappa shape index (κ2) is 9.29. The zero-order chi connectivity index (χ0) is 20.8. The summed E-state index contributed by atoms with van der Waals surface area (Å²) in [5.74, 6) is -0.0504. The lowest BCUT2D eigenvalue weighted by atomic mass is 10.2. The van der Waals surface area contributed by atoms with E-state index in [2.05, 4.69) is 25.6 Å². The fourth-order valence-electron chi connectivity index (χ4n) is 2.55. The molecule has 0 aliphatic heterocycles. The topological polar surface area (TPSA) is 89.0 Å². The number of ether oxygens (including phenoxy) is 1. The lowest BCUT2D eigenvalue weighted by Crippen LogP contribution is -2.25. The molecule has 0 aliphatic rings. The third kappa shape index (κ3) is 4.78. The van der Waals surface area contributed by atoms with Crippen molar-refractivity contribution in [2.75, 3.05) is 19.0 Å². The Morgan fingerprint density at radius 1 is 1.28 bits per heavy atom. The SMILES string of the molecule is CCCNC(=O)c1cnccc1Nc1nc(-c2cc(Cl)ccc2F)ncc1OC. The van der Waals surface area contributed by atoms with Gasteiger partial charge >= 0.3 is 0 Å². The van der Waals surface area contributed by atoms with Crippen LogP contribution in [0.3, 0.4) is 0 Å². The van der Waals surface area contributed by atoms with E-state index in [1.165, 1.54) is 37.7 Å². The summed E-state index contributed by atoms with van der Waals surface area (Å²) >= 11 is 5.98. The van der Waals surface area contributed by atoms with E-state index in [0.29, 0.717) is 28.6 Å². The van der Waals surface area contributed by atoms with Crippen molar-refractivity contribution in [3.05, 3.63) is 59.3 Å². The summed E-state index contributed by atoms with van der Waals surface area (Å²) < 4.78 is 19.5. The van der Waals surface area contributed by atoms with E-state index in [0.717, 1.165) is 6.42 Å². The van der Waals surface area contributed by atoms with E-state index in [-0.39, 0.29) is 23.1 Å². The molecule has 9 heteroatoms. The van der Waals surface area contributed by atoms with Crippen molar-refractivity contribution in [2.24, 2.45) is 0 Å². The van der Waals surface area contributed by atoms with Gasteiger partial charge in [0, 0.05) is 24.0 Å². The number of aromatic nitrogens is 3. The predicted octanol–water partition coefficient (Wildman–Crippen LogP) is 4.22. The lowest BCUT2D eigenvalue weighted by Gasteiger charge is -2.14. The molecule has 2 N–H and O–H groups in total. The first-order chi connectivity index (χ1) is 14.0. The molecule has 1 aromatic carbocycles. The maximum absolute atomic E-state index is 14.2. The van der Waals surface area contributed by atoms with Gasteiger partial charge in [0.05, 0.1) is 30.1 Å². The predicted molar refractivity (Wildman–Crippen MR) is 109 cm³/mol. The number of pyridine rings is 1. The monoisotopic (exact) mass is 415 g/mol.